The molecule has 78 valence electrons. The molecule has 0 radical (unpaired) electrons. The van der Waals surface area contributed by atoms with Crippen molar-refractivity contribution in [2.75, 3.05) is 13.7 Å². The van der Waals surface area contributed by atoms with Crippen LogP contribution in [0.3, 0.4) is 0 Å². The Bertz CT molecular complexity index is 167. The molecular weight excluding hydrogens is 172 g/mol. The van der Waals surface area contributed by atoms with Gasteiger partial charge in [-0.05, 0) is 13.3 Å². The lowest BCUT2D eigenvalue weighted by Gasteiger charge is -2.28. The zero-order valence-electron chi connectivity index (χ0n) is 8.36. The summed E-state index contributed by atoms with van der Waals surface area (Å²) >= 11 is 0. The van der Waals surface area contributed by atoms with E-state index in [0.717, 1.165) is 0 Å². The lowest BCUT2D eigenvalue weighted by molar-refractivity contribution is -0.110. The van der Waals surface area contributed by atoms with E-state index in [1.165, 1.54) is 7.11 Å². The van der Waals surface area contributed by atoms with Crippen LogP contribution in [0, 0.1) is 0 Å². The molecule has 2 unspecified atom stereocenters. The van der Waals surface area contributed by atoms with Crippen LogP contribution in [-0.2, 0) is 9.47 Å². The van der Waals surface area contributed by atoms with Crippen LogP contribution >= 0.6 is 0 Å². The molecule has 1 aliphatic heterocycles. The summed E-state index contributed by atoms with van der Waals surface area (Å²) in [6, 6.07) is 0. The molecule has 1 rings (SSSR count). The summed E-state index contributed by atoms with van der Waals surface area (Å²) in [5.74, 6) is 0. The van der Waals surface area contributed by atoms with Gasteiger partial charge < -0.3 is 19.7 Å². The highest BCUT2D eigenvalue weighted by Gasteiger charge is 2.51. The van der Waals surface area contributed by atoms with Crippen molar-refractivity contribution < 1.29 is 19.7 Å². The minimum Gasteiger partial charge on any atom is -0.393 e. The molecule has 0 aliphatic carbocycles. The molecule has 4 heteroatoms. The quantitative estimate of drug-likeness (QED) is 0.653. The number of methoxy groups -OCH3 is 1. The van der Waals surface area contributed by atoms with Crippen LogP contribution < -0.4 is 0 Å². The summed E-state index contributed by atoms with van der Waals surface area (Å²) in [6.07, 6.45) is -0.684. The molecule has 1 fully saturated rings. The van der Waals surface area contributed by atoms with Gasteiger partial charge >= 0.3 is 0 Å². The highest BCUT2D eigenvalue weighted by Crippen LogP contribution is 2.34. The summed E-state index contributed by atoms with van der Waals surface area (Å²) in [4.78, 5) is 0. The summed E-state index contributed by atoms with van der Waals surface area (Å²) in [5, 5.41) is 19.0. The Morgan fingerprint density at radius 2 is 2.15 bits per heavy atom. The minimum absolute atomic E-state index is 0.172. The molecule has 0 amide bonds. The average Bonchev–Trinajstić information content (AvgIpc) is 2.38. The summed E-state index contributed by atoms with van der Waals surface area (Å²) in [7, 11) is 1.54. The van der Waals surface area contributed by atoms with E-state index in [1.807, 2.05) is 13.8 Å². The number of ether oxygens (including phenoxy) is 2. The van der Waals surface area contributed by atoms with Crippen LogP contribution in [0.25, 0.3) is 0 Å². The molecule has 0 spiro atoms. The number of rotatable bonds is 3. The Balaban J connectivity index is 2.80. The van der Waals surface area contributed by atoms with E-state index in [9.17, 15) is 10.2 Å². The summed E-state index contributed by atoms with van der Waals surface area (Å²) in [5.41, 5.74) is -0.833. The van der Waals surface area contributed by atoms with Gasteiger partial charge in [0.2, 0.25) is 0 Å². The van der Waals surface area contributed by atoms with Gasteiger partial charge in [0.1, 0.15) is 17.8 Å². The molecule has 0 aromatic carbocycles. The minimum atomic E-state index is -0.833. The third-order valence-electron chi connectivity index (χ3n) is 2.87. The van der Waals surface area contributed by atoms with Crippen LogP contribution in [-0.4, -0.2) is 47.8 Å². The molecule has 0 aromatic heterocycles. The second kappa shape index (κ2) is 3.92. The third-order valence-corrected chi connectivity index (χ3v) is 2.87. The van der Waals surface area contributed by atoms with Gasteiger partial charge in [-0.3, -0.25) is 0 Å². The van der Waals surface area contributed by atoms with E-state index >= 15 is 0 Å². The Hall–Kier alpha value is -0.160. The average molecular weight is 190 g/mol. The Morgan fingerprint density at radius 1 is 1.54 bits per heavy atom. The number of hydrogen-bond donors (Lipinski definition) is 2. The Kier molecular flexibility index (Phi) is 3.29. The molecular formula is C9H18O4. The van der Waals surface area contributed by atoms with Crippen LogP contribution in [0.5, 0.6) is 0 Å². The molecule has 4 nitrogen and oxygen atoms in total. The van der Waals surface area contributed by atoms with Crippen LogP contribution in [0.1, 0.15) is 20.3 Å². The van der Waals surface area contributed by atoms with Gasteiger partial charge in [0.15, 0.2) is 0 Å². The summed E-state index contributed by atoms with van der Waals surface area (Å²) in [6.45, 7) is 3.55. The molecule has 1 saturated heterocycles. The van der Waals surface area contributed by atoms with Crippen molar-refractivity contribution >= 4 is 0 Å². The standard InChI is InChI=1S/C9H18O4/c1-4-9(5-10)8(11)7(12-3)6(2)13-9/h6-8,10-11H,4-5H2,1-3H3/t6?,7-,8?,9+/m1/s1. The smallest absolute Gasteiger partial charge is 0.120 e. The first-order valence-electron chi connectivity index (χ1n) is 4.61. The largest absolute Gasteiger partial charge is 0.393 e. The second-order valence-corrected chi connectivity index (χ2v) is 3.54. The lowest BCUT2D eigenvalue weighted by atomic mass is 9.93. The maximum absolute atomic E-state index is 9.86. The van der Waals surface area contributed by atoms with E-state index in [1.54, 1.807) is 0 Å². The first-order chi connectivity index (χ1) is 6.11. The van der Waals surface area contributed by atoms with E-state index < -0.39 is 11.7 Å². The SMILES string of the molecule is CC[C@@]1(CO)OC(C)[C@@H](OC)C1O. The predicted octanol–water partition coefficient (Wildman–Crippen LogP) is -0.0779. The number of aliphatic hydroxyl groups is 2. The van der Waals surface area contributed by atoms with Crippen molar-refractivity contribution in [3.05, 3.63) is 0 Å². The van der Waals surface area contributed by atoms with Gasteiger partial charge in [0, 0.05) is 7.11 Å². The van der Waals surface area contributed by atoms with Crippen molar-refractivity contribution in [3.63, 3.8) is 0 Å². The topological polar surface area (TPSA) is 58.9 Å². The van der Waals surface area contributed by atoms with E-state index in [0.29, 0.717) is 6.42 Å². The third kappa shape index (κ3) is 1.59. The van der Waals surface area contributed by atoms with Gasteiger partial charge in [-0.2, -0.15) is 0 Å². The maximum Gasteiger partial charge on any atom is 0.120 e. The van der Waals surface area contributed by atoms with Gasteiger partial charge in [0.05, 0.1) is 12.7 Å². The fraction of sp³-hybridized carbons (Fsp3) is 1.00. The fourth-order valence-electron chi connectivity index (χ4n) is 1.92. The predicted molar refractivity (Wildman–Crippen MR) is 47.5 cm³/mol. The van der Waals surface area contributed by atoms with Crippen LogP contribution in [0.2, 0.25) is 0 Å². The zero-order valence-corrected chi connectivity index (χ0v) is 8.36. The molecule has 0 saturated carbocycles. The van der Waals surface area contributed by atoms with Crippen molar-refractivity contribution in [1.82, 2.24) is 0 Å². The first-order valence-corrected chi connectivity index (χ1v) is 4.61. The van der Waals surface area contributed by atoms with Crippen molar-refractivity contribution in [2.24, 2.45) is 0 Å². The van der Waals surface area contributed by atoms with Gasteiger partial charge in [-0.1, -0.05) is 6.92 Å². The van der Waals surface area contributed by atoms with Gasteiger partial charge in [-0.15, -0.1) is 0 Å². The molecule has 4 atom stereocenters. The molecule has 13 heavy (non-hydrogen) atoms. The molecule has 1 heterocycles. The number of hydrogen-bond acceptors (Lipinski definition) is 4. The monoisotopic (exact) mass is 190 g/mol. The van der Waals surface area contributed by atoms with Gasteiger partial charge in [-0.25, -0.2) is 0 Å². The van der Waals surface area contributed by atoms with Crippen molar-refractivity contribution in [2.45, 2.75) is 44.2 Å². The second-order valence-electron chi connectivity index (χ2n) is 3.54. The lowest BCUT2D eigenvalue weighted by Crippen LogP contribution is -2.46. The highest BCUT2D eigenvalue weighted by atomic mass is 16.6. The van der Waals surface area contributed by atoms with Crippen LogP contribution in [0.15, 0.2) is 0 Å². The Morgan fingerprint density at radius 3 is 2.38 bits per heavy atom. The fourth-order valence-corrected chi connectivity index (χ4v) is 1.92. The molecule has 1 aliphatic rings. The molecule has 0 aromatic rings. The molecule has 2 N–H and O–H groups in total. The van der Waals surface area contributed by atoms with Crippen LogP contribution in [0.4, 0.5) is 0 Å². The number of aliphatic hydroxyl groups excluding tert-OH is 2. The van der Waals surface area contributed by atoms with Crippen molar-refractivity contribution in [1.29, 1.82) is 0 Å². The first kappa shape index (κ1) is 10.9. The summed E-state index contributed by atoms with van der Waals surface area (Å²) < 4.78 is 10.6. The van der Waals surface area contributed by atoms with Crippen molar-refractivity contribution in [3.8, 4) is 0 Å². The maximum atomic E-state index is 9.86. The normalized spacial score (nSPS) is 45.5. The highest BCUT2D eigenvalue weighted by molar-refractivity contribution is 5.00. The zero-order chi connectivity index (χ0) is 10.1. The Labute approximate surface area is 78.5 Å². The van der Waals surface area contributed by atoms with E-state index in [4.69, 9.17) is 9.47 Å². The van der Waals surface area contributed by atoms with E-state index in [2.05, 4.69) is 0 Å². The molecule has 0 bridgehead atoms. The van der Waals surface area contributed by atoms with Gasteiger partial charge in [0.25, 0.3) is 0 Å². The van der Waals surface area contributed by atoms with E-state index in [-0.39, 0.29) is 18.8 Å².